The lowest BCUT2D eigenvalue weighted by Gasteiger charge is -2.12. The molecule has 7 nitrogen and oxygen atoms in total. The monoisotopic (exact) mass is 443 g/mol. The number of anilines is 1. The highest BCUT2D eigenvalue weighted by atomic mass is 79.9. The van der Waals surface area contributed by atoms with E-state index in [0.29, 0.717) is 17.1 Å². The number of para-hydroxylation sites is 2. The summed E-state index contributed by atoms with van der Waals surface area (Å²) in [6.07, 6.45) is 2.85. The molecule has 1 amide bonds. The van der Waals surface area contributed by atoms with Gasteiger partial charge in [0, 0.05) is 22.6 Å². The number of benzene rings is 2. The van der Waals surface area contributed by atoms with E-state index in [0.717, 1.165) is 14.6 Å². The van der Waals surface area contributed by atoms with E-state index in [1.807, 2.05) is 19.1 Å². The third-order valence-electron chi connectivity index (χ3n) is 4.16. The van der Waals surface area contributed by atoms with Crippen molar-refractivity contribution in [3.05, 3.63) is 85.6 Å². The Morgan fingerprint density at radius 1 is 1.11 bits per heavy atom. The van der Waals surface area contributed by atoms with Crippen LogP contribution in [0.4, 0.5) is 5.69 Å². The van der Waals surface area contributed by atoms with E-state index in [2.05, 4.69) is 21.2 Å². The number of nitrogens with one attached hydrogen (secondary N) is 1. The summed E-state index contributed by atoms with van der Waals surface area (Å²) in [5.41, 5.74) is 0.472. The fourth-order valence-electron chi connectivity index (χ4n) is 2.73. The predicted molar refractivity (Wildman–Crippen MR) is 110 cm³/mol. The summed E-state index contributed by atoms with van der Waals surface area (Å²) >= 11 is 3.40. The lowest BCUT2D eigenvalue weighted by Crippen LogP contribution is -2.41. The van der Waals surface area contributed by atoms with Crippen molar-refractivity contribution in [1.82, 2.24) is 9.13 Å². The number of halogens is 1. The molecular formula is C20H18BrN3O4. The summed E-state index contributed by atoms with van der Waals surface area (Å²) in [7, 11) is 1.49. The minimum Gasteiger partial charge on any atom is -0.495 e. The molecule has 144 valence electrons. The van der Waals surface area contributed by atoms with Crippen LogP contribution >= 0.6 is 15.9 Å². The van der Waals surface area contributed by atoms with Crippen molar-refractivity contribution in [2.75, 3.05) is 12.4 Å². The Labute approximate surface area is 169 Å². The topological polar surface area (TPSA) is 82.3 Å². The largest absolute Gasteiger partial charge is 0.495 e. The molecule has 0 bridgehead atoms. The molecule has 3 aromatic rings. The van der Waals surface area contributed by atoms with Crippen molar-refractivity contribution >= 4 is 27.5 Å². The van der Waals surface area contributed by atoms with Crippen molar-refractivity contribution in [3.63, 3.8) is 0 Å². The molecule has 2 aromatic carbocycles. The van der Waals surface area contributed by atoms with Crippen LogP contribution in [0.15, 0.2) is 68.9 Å². The van der Waals surface area contributed by atoms with E-state index in [9.17, 15) is 14.4 Å². The molecule has 0 saturated carbocycles. The van der Waals surface area contributed by atoms with E-state index in [1.165, 1.54) is 24.1 Å². The molecule has 1 aromatic heterocycles. The molecule has 8 heteroatoms. The summed E-state index contributed by atoms with van der Waals surface area (Å²) in [6, 6.07) is 12.3. The molecule has 0 radical (unpaired) electrons. The van der Waals surface area contributed by atoms with Crippen LogP contribution in [0.2, 0.25) is 0 Å². The van der Waals surface area contributed by atoms with Crippen LogP contribution in [0.5, 0.6) is 5.75 Å². The highest BCUT2D eigenvalue weighted by Crippen LogP contribution is 2.21. The maximum absolute atomic E-state index is 12.5. The molecule has 0 spiro atoms. The number of aromatic nitrogens is 2. The van der Waals surface area contributed by atoms with Gasteiger partial charge in [-0.05, 0) is 42.8 Å². The van der Waals surface area contributed by atoms with Crippen molar-refractivity contribution in [1.29, 1.82) is 0 Å². The first-order valence-corrected chi connectivity index (χ1v) is 9.21. The smallest absolute Gasteiger partial charge is 0.321 e. The number of hydrogen-bond donors (Lipinski definition) is 1. The molecule has 0 aliphatic rings. The van der Waals surface area contributed by atoms with Gasteiger partial charge in [0.25, 0.3) is 0 Å². The van der Waals surface area contributed by atoms with E-state index in [4.69, 9.17) is 4.74 Å². The number of amides is 1. The molecule has 3 rings (SSSR count). The average molecular weight is 444 g/mol. The first kappa shape index (κ1) is 19.6. The number of nitrogens with zero attached hydrogens (tertiary/aromatic N) is 2. The van der Waals surface area contributed by atoms with E-state index < -0.39 is 17.0 Å². The van der Waals surface area contributed by atoms with Gasteiger partial charge in [-0.3, -0.25) is 23.5 Å². The number of carbonyl (C=O) groups is 1. The second-order valence-corrected chi connectivity index (χ2v) is 6.94. The summed E-state index contributed by atoms with van der Waals surface area (Å²) in [5, 5.41) is 2.72. The van der Waals surface area contributed by atoms with Gasteiger partial charge < -0.3 is 10.1 Å². The van der Waals surface area contributed by atoms with Gasteiger partial charge in [0.05, 0.1) is 12.8 Å². The molecule has 0 fully saturated rings. The number of aryl methyl sites for hydroxylation is 1. The number of methoxy groups -OCH3 is 1. The summed E-state index contributed by atoms with van der Waals surface area (Å²) in [5.74, 6) is 0.0587. The van der Waals surface area contributed by atoms with Crippen LogP contribution in [-0.4, -0.2) is 22.2 Å². The van der Waals surface area contributed by atoms with Gasteiger partial charge in [-0.25, -0.2) is 0 Å². The number of carbonyl (C=O) groups excluding carboxylic acids is 1. The fourth-order valence-corrected chi connectivity index (χ4v) is 2.98. The zero-order valence-electron chi connectivity index (χ0n) is 15.3. The van der Waals surface area contributed by atoms with Crippen LogP contribution in [0.1, 0.15) is 5.56 Å². The van der Waals surface area contributed by atoms with Crippen LogP contribution in [-0.2, 0) is 11.3 Å². The van der Waals surface area contributed by atoms with Gasteiger partial charge in [-0.15, -0.1) is 0 Å². The molecule has 0 aliphatic carbocycles. The Hall–Kier alpha value is -3.13. The molecular weight excluding hydrogens is 426 g/mol. The average Bonchev–Trinajstić information content (AvgIpc) is 2.68. The van der Waals surface area contributed by atoms with Crippen LogP contribution < -0.4 is 21.2 Å². The third-order valence-corrected chi connectivity index (χ3v) is 5.05. The fraction of sp³-hybridized carbons (Fsp3) is 0.150. The van der Waals surface area contributed by atoms with Crippen LogP contribution in [0.25, 0.3) is 5.69 Å². The minimum atomic E-state index is -0.796. The maximum atomic E-state index is 12.5. The molecule has 1 heterocycles. The highest BCUT2D eigenvalue weighted by Gasteiger charge is 2.12. The zero-order valence-corrected chi connectivity index (χ0v) is 16.9. The van der Waals surface area contributed by atoms with Crippen molar-refractivity contribution in [2.45, 2.75) is 13.5 Å². The second kappa shape index (κ2) is 8.26. The number of hydrogen-bond acceptors (Lipinski definition) is 4. The van der Waals surface area contributed by atoms with Gasteiger partial charge >= 0.3 is 11.1 Å². The Balaban J connectivity index is 1.85. The standard InChI is InChI=1S/C20H18BrN3O4/c1-13-11-14(7-8-15(13)21)22-18(25)12-23-9-10-24(20(27)19(23)26)16-5-3-4-6-17(16)28-2/h3-11H,12H2,1-2H3,(H,22,25). The molecule has 0 atom stereocenters. The third kappa shape index (κ3) is 4.07. The van der Waals surface area contributed by atoms with Crippen molar-refractivity contribution < 1.29 is 9.53 Å². The van der Waals surface area contributed by atoms with Gasteiger partial charge in [0.2, 0.25) is 5.91 Å². The SMILES string of the molecule is COc1ccccc1-n1ccn(CC(=O)Nc2ccc(Br)c(C)c2)c(=O)c1=O. The summed E-state index contributed by atoms with van der Waals surface area (Å²) in [6.45, 7) is 1.64. The van der Waals surface area contributed by atoms with Gasteiger partial charge in [-0.2, -0.15) is 0 Å². The Morgan fingerprint density at radius 3 is 2.57 bits per heavy atom. The Kier molecular flexibility index (Phi) is 5.79. The predicted octanol–water partition coefficient (Wildman–Crippen LogP) is 2.72. The first-order valence-electron chi connectivity index (χ1n) is 8.42. The van der Waals surface area contributed by atoms with Gasteiger partial charge in [0.15, 0.2) is 0 Å². The minimum absolute atomic E-state index is 0.268. The molecule has 1 N–H and O–H groups in total. The molecule has 0 unspecified atom stereocenters. The number of rotatable bonds is 5. The van der Waals surface area contributed by atoms with Crippen molar-refractivity contribution in [3.8, 4) is 11.4 Å². The summed E-state index contributed by atoms with van der Waals surface area (Å²) in [4.78, 5) is 37.3. The van der Waals surface area contributed by atoms with Crippen LogP contribution in [0.3, 0.4) is 0 Å². The van der Waals surface area contributed by atoms with Gasteiger partial charge in [-0.1, -0.05) is 28.1 Å². The maximum Gasteiger partial charge on any atom is 0.321 e. The summed E-state index contributed by atoms with van der Waals surface area (Å²) < 4.78 is 8.45. The quantitative estimate of drug-likeness (QED) is 0.614. The van der Waals surface area contributed by atoms with Gasteiger partial charge in [0.1, 0.15) is 12.3 Å². The second-order valence-electron chi connectivity index (χ2n) is 6.09. The Morgan fingerprint density at radius 2 is 1.86 bits per heavy atom. The first-order chi connectivity index (χ1) is 13.4. The van der Waals surface area contributed by atoms with E-state index in [1.54, 1.807) is 30.3 Å². The van der Waals surface area contributed by atoms with Crippen LogP contribution in [0, 0.1) is 6.92 Å². The van der Waals surface area contributed by atoms with E-state index >= 15 is 0 Å². The molecule has 28 heavy (non-hydrogen) atoms. The lowest BCUT2D eigenvalue weighted by atomic mass is 10.2. The lowest BCUT2D eigenvalue weighted by molar-refractivity contribution is -0.116. The highest BCUT2D eigenvalue weighted by molar-refractivity contribution is 9.10. The molecule has 0 saturated heterocycles. The zero-order chi connectivity index (χ0) is 20.3. The van der Waals surface area contributed by atoms with Crippen molar-refractivity contribution in [2.24, 2.45) is 0 Å². The van der Waals surface area contributed by atoms with E-state index in [-0.39, 0.29) is 6.54 Å². The normalized spacial score (nSPS) is 10.5. The molecule has 0 aliphatic heterocycles. The number of ether oxygens (including phenoxy) is 1. The Bertz CT molecular complexity index is 1150.